The third-order valence-corrected chi connectivity index (χ3v) is 3.89. The van der Waals surface area contributed by atoms with Crippen LogP contribution in [0.5, 0.6) is 0 Å². The summed E-state index contributed by atoms with van der Waals surface area (Å²) >= 11 is 5.83. The second-order valence-electron chi connectivity index (χ2n) is 5.84. The molecule has 0 radical (unpaired) electrons. The number of halogens is 1. The van der Waals surface area contributed by atoms with Crippen LogP contribution in [0.3, 0.4) is 0 Å². The number of rotatable bonds is 10. The summed E-state index contributed by atoms with van der Waals surface area (Å²) in [7, 11) is 0. The van der Waals surface area contributed by atoms with Crippen molar-refractivity contribution in [2.24, 2.45) is 21.5 Å². The lowest BCUT2D eigenvalue weighted by Gasteiger charge is -2.05. The molecule has 0 fully saturated rings. The van der Waals surface area contributed by atoms with Crippen LogP contribution in [0.4, 0.5) is 5.69 Å². The van der Waals surface area contributed by atoms with Crippen molar-refractivity contribution in [2.75, 3.05) is 11.9 Å². The minimum atomic E-state index is 0.205. The highest BCUT2D eigenvalue weighted by molar-refractivity contribution is 6.30. The average Bonchev–Trinajstić information content (AvgIpc) is 2.55. The first kappa shape index (κ1) is 20.3. The van der Waals surface area contributed by atoms with E-state index in [4.69, 9.17) is 23.1 Å². The molecule has 0 atom stereocenters. The molecule has 0 heterocycles. The Morgan fingerprint density at radius 2 is 1.54 bits per heavy atom. The first-order valence-electron chi connectivity index (χ1n) is 8.78. The van der Waals surface area contributed by atoms with Crippen LogP contribution in [-0.2, 0) is 0 Å². The Labute approximate surface area is 150 Å². The SMILES string of the molecule is CCCCCCCCCCN=C(N)N=C(N)Nc1ccc(Cl)cc1. The lowest BCUT2D eigenvalue weighted by Crippen LogP contribution is -2.26. The molecule has 6 heteroatoms. The molecule has 0 aliphatic heterocycles. The summed E-state index contributed by atoms with van der Waals surface area (Å²) in [5, 5.41) is 3.61. The van der Waals surface area contributed by atoms with Gasteiger partial charge >= 0.3 is 0 Å². The van der Waals surface area contributed by atoms with Crippen LogP contribution < -0.4 is 16.8 Å². The number of unbranched alkanes of at least 4 members (excludes halogenated alkanes) is 7. The third kappa shape index (κ3) is 10.1. The Bertz CT molecular complexity index is 511. The van der Waals surface area contributed by atoms with E-state index in [9.17, 15) is 0 Å². The average molecular weight is 352 g/mol. The maximum Gasteiger partial charge on any atom is 0.218 e. The van der Waals surface area contributed by atoms with Crippen LogP contribution in [-0.4, -0.2) is 18.5 Å². The molecule has 1 aromatic carbocycles. The summed E-state index contributed by atoms with van der Waals surface area (Å²) in [6, 6.07) is 7.19. The number of guanidine groups is 2. The standard InChI is InChI=1S/C18H30ClN5/c1-2-3-4-5-6-7-8-9-14-22-17(20)24-18(21)23-16-12-10-15(19)11-13-16/h10-13H,2-9,14H2,1H3,(H5,20,21,22,23,24). The van der Waals surface area contributed by atoms with E-state index in [0.29, 0.717) is 11.6 Å². The fourth-order valence-corrected chi connectivity index (χ4v) is 2.43. The Kier molecular flexibility index (Phi) is 10.7. The largest absolute Gasteiger partial charge is 0.369 e. The molecule has 0 aromatic heterocycles. The van der Waals surface area contributed by atoms with Crippen molar-refractivity contribution in [1.82, 2.24) is 0 Å². The van der Waals surface area contributed by atoms with Crippen LogP contribution >= 0.6 is 11.6 Å². The third-order valence-electron chi connectivity index (χ3n) is 3.64. The van der Waals surface area contributed by atoms with E-state index in [1.807, 2.05) is 12.1 Å². The van der Waals surface area contributed by atoms with Crippen molar-refractivity contribution < 1.29 is 0 Å². The topological polar surface area (TPSA) is 88.8 Å². The van der Waals surface area contributed by atoms with Crippen LogP contribution in [0.2, 0.25) is 5.02 Å². The number of aliphatic imine (C=N–C) groups is 2. The van der Waals surface area contributed by atoms with Gasteiger partial charge in [-0.1, -0.05) is 63.5 Å². The Morgan fingerprint density at radius 3 is 2.17 bits per heavy atom. The van der Waals surface area contributed by atoms with Crippen molar-refractivity contribution in [3.63, 3.8) is 0 Å². The number of nitrogens with zero attached hydrogens (tertiary/aromatic N) is 2. The van der Waals surface area contributed by atoms with Crippen molar-refractivity contribution in [1.29, 1.82) is 0 Å². The molecule has 5 nitrogen and oxygen atoms in total. The van der Waals surface area contributed by atoms with Crippen molar-refractivity contribution in [2.45, 2.75) is 58.3 Å². The number of anilines is 1. The van der Waals surface area contributed by atoms with Gasteiger partial charge in [-0.25, -0.2) is 0 Å². The van der Waals surface area contributed by atoms with Crippen molar-refractivity contribution in [3.8, 4) is 0 Å². The zero-order chi connectivity index (χ0) is 17.6. The molecule has 0 amide bonds. The number of hydrogen-bond acceptors (Lipinski definition) is 1. The molecule has 5 N–H and O–H groups in total. The predicted octanol–water partition coefficient (Wildman–Crippen LogP) is 4.52. The van der Waals surface area contributed by atoms with Gasteiger partial charge in [0.25, 0.3) is 0 Å². The van der Waals surface area contributed by atoms with Gasteiger partial charge < -0.3 is 16.8 Å². The number of nitrogens with one attached hydrogen (secondary N) is 1. The second-order valence-corrected chi connectivity index (χ2v) is 6.28. The molecule has 24 heavy (non-hydrogen) atoms. The molecule has 0 saturated carbocycles. The molecule has 1 aromatic rings. The maximum atomic E-state index is 5.83. The molecular formula is C18H30ClN5. The number of hydrogen-bond donors (Lipinski definition) is 3. The predicted molar refractivity (Wildman–Crippen MR) is 106 cm³/mol. The molecule has 0 aliphatic carbocycles. The summed E-state index contributed by atoms with van der Waals surface area (Å²) < 4.78 is 0. The molecule has 0 aliphatic rings. The quantitative estimate of drug-likeness (QED) is 0.329. The van der Waals surface area contributed by atoms with Gasteiger partial charge in [0.1, 0.15) is 0 Å². The Hall–Kier alpha value is -1.75. The van der Waals surface area contributed by atoms with Crippen LogP contribution in [0.15, 0.2) is 34.3 Å². The Balaban J connectivity index is 2.19. The van der Waals surface area contributed by atoms with E-state index >= 15 is 0 Å². The van der Waals surface area contributed by atoms with E-state index in [0.717, 1.165) is 12.1 Å². The number of nitrogens with two attached hydrogens (primary N) is 2. The van der Waals surface area contributed by atoms with Crippen LogP contribution in [0.25, 0.3) is 0 Å². The van der Waals surface area contributed by atoms with Gasteiger partial charge in [-0.05, 0) is 30.7 Å². The molecule has 0 saturated heterocycles. The molecule has 0 spiro atoms. The van der Waals surface area contributed by atoms with Gasteiger partial charge in [-0.3, -0.25) is 4.99 Å². The van der Waals surface area contributed by atoms with Crippen LogP contribution in [0.1, 0.15) is 58.3 Å². The van der Waals surface area contributed by atoms with Gasteiger partial charge in [-0.2, -0.15) is 4.99 Å². The zero-order valence-corrected chi connectivity index (χ0v) is 15.4. The molecular weight excluding hydrogens is 322 g/mol. The summed E-state index contributed by atoms with van der Waals surface area (Å²) in [5.74, 6) is 0.423. The first-order chi connectivity index (χ1) is 11.6. The highest BCUT2D eigenvalue weighted by Gasteiger charge is 1.97. The number of benzene rings is 1. The fraction of sp³-hybridized carbons (Fsp3) is 0.556. The summed E-state index contributed by atoms with van der Waals surface area (Å²) in [6.45, 7) is 2.93. The van der Waals surface area contributed by atoms with Crippen molar-refractivity contribution >= 4 is 29.2 Å². The summed E-state index contributed by atoms with van der Waals surface area (Å²) in [4.78, 5) is 8.27. The molecule has 134 valence electrons. The van der Waals surface area contributed by atoms with E-state index in [2.05, 4.69) is 22.2 Å². The monoisotopic (exact) mass is 351 g/mol. The molecule has 0 bridgehead atoms. The smallest absolute Gasteiger partial charge is 0.218 e. The van der Waals surface area contributed by atoms with E-state index in [-0.39, 0.29) is 11.9 Å². The maximum absolute atomic E-state index is 5.83. The fourth-order valence-electron chi connectivity index (χ4n) is 2.31. The summed E-state index contributed by atoms with van der Waals surface area (Å²) in [6.07, 6.45) is 10.2. The highest BCUT2D eigenvalue weighted by Crippen LogP contribution is 2.13. The summed E-state index contributed by atoms with van der Waals surface area (Å²) in [5.41, 5.74) is 12.4. The molecule has 1 rings (SSSR count). The lowest BCUT2D eigenvalue weighted by atomic mass is 10.1. The van der Waals surface area contributed by atoms with Gasteiger partial charge in [0.05, 0.1) is 0 Å². The van der Waals surface area contributed by atoms with Crippen LogP contribution in [0, 0.1) is 0 Å². The second kappa shape index (κ2) is 12.6. The minimum Gasteiger partial charge on any atom is -0.369 e. The normalized spacial score (nSPS) is 12.4. The van der Waals surface area contributed by atoms with E-state index < -0.39 is 0 Å². The van der Waals surface area contributed by atoms with E-state index in [1.165, 1.54) is 44.9 Å². The molecule has 0 unspecified atom stereocenters. The van der Waals surface area contributed by atoms with Gasteiger partial charge in [0.2, 0.25) is 11.9 Å². The lowest BCUT2D eigenvalue weighted by molar-refractivity contribution is 0.578. The van der Waals surface area contributed by atoms with Gasteiger partial charge in [0.15, 0.2) is 0 Å². The first-order valence-corrected chi connectivity index (χ1v) is 9.16. The Morgan fingerprint density at radius 1 is 0.958 bits per heavy atom. The van der Waals surface area contributed by atoms with Crippen molar-refractivity contribution in [3.05, 3.63) is 29.3 Å². The van der Waals surface area contributed by atoms with Gasteiger partial charge in [0, 0.05) is 17.3 Å². The minimum absolute atomic E-state index is 0.205. The van der Waals surface area contributed by atoms with Gasteiger partial charge in [-0.15, -0.1) is 0 Å². The highest BCUT2D eigenvalue weighted by atomic mass is 35.5. The van der Waals surface area contributed by atoms with E-state index in [1.54, 1.807) is 12.1 Å². The zero-order valence-electron chi connectivity index (χ0n) is 14.6.